The standard InChI is InChI=1S/C16H18FIN4O5/c1-3-22-13(19-11-5-4-9(18)8-10(11)17)12(14(24)20-27-7-6-23)15(25)21(2)16(22)26/h4-5,8,19,23H,3,6-7H2,1-2H3,(H,20,24). The number of amides is 1. The second-order valence-corrected chi connectivity index (χ2v) is 6.61. The summed E-state index contributed by atoms with van der Waals surface area (Å²) in [6.07, 6.45) is 0. The normalized spacial score (nSPS) is 10.7. The first-order valence-electron chi connectivity index (χ1n) is 7.90. The molecule has 27 heavy (non-hydrogen) atoms. The van der Waals surface area contributed by atoms with E-state index in [0.717, 1.165) is 9.13 Å². The Morgan fingerprint density at radius 2 is 2.07 bits per heavy atom. The number of aromatic nitrogens is 2. The summed E-state index contributed by atoms with van der Waals surface area (Å²) in [7, 11) is 1.23. The zero-order valence-electron chi connectivity index (χ0n) is 14.6. The van der Waals surface area contributed by atoms with E-state index in [-0.39, 0.29) is 31.3 Å². The second kappa shape index (κ2) is 9.10. The van der Waals surface area contributed by atoms with Crippen LogP contribution in [-0.2, 0) is 18.4 Å². The van der Waals surface area contributed by atoms with Crippen molar-refractivity contribution in [3.63, 3.8) is 0 Å². The molecule has 0 aliphatic carbocycles. The molecule has 2 aromatic rings. The Morgan fingerprint density at radius 1 is 1.37 bits per heavy atom. The zero-order chi connectivity index (χ0) is 20.1. The van der Waals surface area contributed by atoms with Gasteiger partial charge in [-0.15, -0.1) is 0 Å². The van der Waals surface area contributed by atoms with Crippen molar-refractivity contribution in [3.8, 4) is 0 Å². The summed E-state index contributed by atoms with van der Waals surface area (Å²) >= 11 is 1.94. The first-order chi connectivity index (χ1) is 12.8. The number of hydrogen-bond acceptors (Lipinski definition) is 6. The Bertz CT molecular complexity index is 973. The lowest BCUT2D eigenvalue weighted by atomic mass is 10.2. The highest BCUT2D eigenvalue weighted by atomic mass is 127. The maximum absolute atomic E-state index is 14.2. The highest BCUT2D eigenvalue weighted by molar-refractivity contribution is 14.1. The van der Waals surface area contributed by atoms with Gasteiger partial charge >= 0.3 is 5.69 Å². The number of halogens is 2. The van der Waals surface area contributed by atoms with E-state index in [1.54, 1.807) is 13.0 Å². The predicted octanol–water partition coefficient (Wildman–Crippen LogP) is 0.708. The van der Waals surface area contributed by atoms with Gasteiger partial charge in [0.1, 0.15) is 17.2 Å². The van der Waals surface area contributed by atoms with Crippen LogP contribution in [0.1, 0.15) is 17.3 Å². The Labute approximate surface area is 166 Å². The van der Waals surface area contributed by atoms with E-state index in [2.05, 4.69) is 5.32 Å². The summed E-state index contributed by atoms with van der Waals surface area (Å²) in [6, 6.07) is 4.33. The molecule has 0 saturated heterocycles. The maximum Gasteiger partial charge on any atom is 0.332 e. The van der Waals surface area contributed by atoms with Crippen molar-refractivity contribution < 1.29 is 19.1 Å². The van der Waals surface area contributed by atoms with E-state index in [4.69, 9.17) is 9.94 Å². The van der Waals surface area contributed by atoms with E-state index in [0.29, 0.717) is 3.57 Å². The molecule has 0 saturated carbocycles. The highest BCUT2D eigenvalue weighted by Gasteiger charge is 2.24. The molecule has 0 fully saturated rings. The molecule has 0 spiro atoms. The van der Waals surface area contributed by atoms with Gasteiger partial charge in [-0.3, -0.25) is 23.6 Å². The van der Waals surface area contributed by atoms with Crippen LogP contribution in [0.4, 0.5) is 15.9 Å². The van der Waals surface area contributed by atoms with E-state index in [1.165, 1.54) is 19.2 Å². The number of hydroxylamine groups is 1. The Hall–Kier alpha value is -2.25. The van der Waals surface area contributed by atoms with Crippen LogP contribution in [-0.4, -0.2) is 33.4 Å². The average Bonchev–Trinajstić information content (AvgIpc) is 2.62. The number of hydrogen-bond donors (Lipinski definition) is 3. The molecule has 1 amide bonds. The third kappa shape index (κ3) is 4.54. The predicted molar refractivity (Wildman–Crippen MR) is 105 cm³/mol. The maximum atomic E-state index is 14.2. The second-order valence-electron chi connectivity index (χ2n) is 5.37. The van der Waals surface area contributed by atoms with Gasteiger partial charge in [0, 0.05) is 17.2 Å². The number of aliphatic hydroxyl groups is 1. The van der Waals surface area contributed by atoms with Crippen molar-refractivity contribution in [3.05, 3.63) is 54.0 Å². The third-order valence-electron chi connectivity index (χ3n) is 3.63. The van der Waals surface area contributed by atoms with Crippen molar-refractivity contribution in [2.45, 2.75) is 13.5 Å². The Morgan fingerprint density at radius 3 is 2.67 bits per heavy atom. The smallest absolute Gasteiger partial charge is 0.332 e. The lowest BCUT2D eigenvalue weighted by Crippen LogP contribution is -2.44. The molecule has 1 aromatic carbocycles. The van der Waals surface area contributed by atoms with Crippen LogP contribution < -0.4 is 22.0 Å². The minimum Gasteiger partial charge on any atom is -0.394 e. The van der Waals surface area contributed by atoms with E-state index in [9.17, 15) is 18.8 Å². The zero-order valence-corrected chi connectivity index (χ0v) is 16.7. The van der Waals surface area contributed by atoms with Gasteiger partial charge in [0.2, 0.25) is 0 Å². The van der Waals surface area contributed by atoms with Gasteiger partial charge < -0.3 is 10.4 Å². The number of carbonyl (C=O) groups is 1. The lowest BCUT2D eigenvalue weighted by molar-refractivity contribution is 0.0167. The molecule has 0 bridgehead atoms. The third-order valence-corrected chi connectivity index (χ3v) is 4.30. The number of anilines is 2. The monoisotopic (exact) mass is 492 g/mol. The molecule has 11 heteroatoms. The molecule has 0 aliphatic heterocycles. The molecule has 0 unspecified atom stereocenters. The van der Waals surface area contributed by atoms with Crippen molar-refractivity contribution in [1.29, 1.82) is 0 Å². The van der Waals surface area contributed by atoms with Crippen LogP contribution >= 0.6 is 22.6 Å². The van der Waals surface area contributed by atoms with Gasteiger partial charge in [0.15, 0.2) is 0 Å². The van der Waals surface area contributed by atoms with Gasteiger partial charge in [-0.2, -0.15) is 0 Å². The fourth-order valence-electron chi connectivity index (χ4n) is 2.33. The molecule has 1 aromatic heterocycles. The first kappa shape index (κ1) is 21.1. The van der Waals surface area contributed by atoms with Crippen molar-refractivity contribution >= 4 is 40.0 Å². The number of carbonyl (C=O) groups excluding carboxylic acids is 1. The summed E-state index contributed by atoms with van der Waals surface area (Å²) < 4.78 is 16.8. The number of rotatable bonds is 7. The van der Waals surface area contributed by atoms with Gasteiger partial charge in [0.05, 0.1) is 18.9 Å². The number of nitrogens with one attached hydrogen (secondary N) is 2. The van der Waals surface area contributed by atoms with Gasteiger partial charge in [-0.05, 0) is 47.7 Å². The summed E-state index contributed by atoms with van der Waals surface area (Å²) in [6.45, 7) is 1.24. The van der Waals surface area contributed by atoms with Crippen LogP contribution in [0.2, 0.25) is 0 Å². The SMILES string of the molecule is CCn1c(Nc2ccc(I)cc2F)c(C(=O)NOCCO)c(=O)n(C)c1=O. The van der Waals surface area contributed by atoms with E-state index < -0.39 is 28.5 Å². The highest BCUT2D eigenvalue weighted by Crippen LogP contribution is 2.22. The van der Waals surface area contributed by atoms with Crippen molar-refractivity contribution in [2.24, 2.45) is 7.05 Å². The molecular formula is C16H18FIN4O5. The van der Waals surface area contributed by atoms with Crippen molar-refractivity contribution in [1.82, 2.24) is 14.6 Å². The Balaban J connectivity index is 2.63. The summed E-state index contributed by atoms with van der Waals surface area (Å²) in [5, 5.41) is 11.4. The molecule has 0 radical (unpaired) electrons. The summed E-state index contributed by atoms with van der Waals surface area (Å²) in [5.74, 6) is -1.70. The van der Waals surface area contributed by atoms with E-state index in [1.807, 2.05) is 28.1 Å². The minimum absolute atomic E-state index is 0.00408. The molecule has 0 aliphatic rings. The number of nitrogens with zero attached hydrogens (tertiary/aromatic N) is 2. The van der Waals surface area contributed by atoms with Crippen LogP contribution in [0.3, 0.4) is 0 Å². The van der Waals surface area contributed by atoms with Gasteiger partial charge in [-0.1, -0.05) is 0 Å². The topological polar surface area (TPSA) is 115 Å². The van der Waals surface area contributed by atoms with Crippen molar-refractivity contribution in [2.75, 3.05) is 18.5 Å². The minimum atomic E-state index is -0.931. The summed E-state index contributed by atoms with van der Waals surface area (Å²) in [4.78, 5) is 42.1. The van der Waals surface area contributed by atoms with Crippen LogP contribution in [0.25, 0.3) is 0 Å². The Kier molecular flexibility index (Phi) is 7.10. The average molecular weight is 492 g/mol. The molecule has 9 nitrogen and oxygen atoms in total. The fraction of sp³-hybridized carbons (Fsp3) is 0.312. The number of benzene rings is 1. The molecular weight excluding hydrogens is 474 g/mol. The molecule has 146 valence electrons. The molecule has 2 rings (SSSR count). The summed E-state index contributed by atoms with van der Waals surface area (Å²) in [5.41, 5.74) is 0.0653. The number of aliphatic hydroxyl groups excluding tert-OH is 1. The first-order valence-corrected chi connectivity index (χ1v) is 8.98. The lowest BCUT2D eigenvalue weighted by Gasteiger charge is -2.18. The van der Waals surface area contributed by atoms with Crippen LogP contribution in [0.5, 0.6) is 0 Å². The molecule has 3 N–H and O–H groups in total. The largest absolute Gasteiger partial charge is 0.394 e. The quantitative estimate of drug-likeness (QED) is 0.298. The molecule has 0 atom stereocenters. The molecule has 1 heterocycles. The van der Waals surface area contributed by atoms with E-state index >= 15 is 0 Å². The van der Waals surface area contributed by atoms with Gasteiger partial charge in [0.25, 0.3) is 11.5 Å². The van der Waals surface area contributed by atoms with Crippen LogP contribution in [0, 0.1) is 9.39 Å². The van der Waals surface area contributed by atoms with Crippen LogP contribution in [0.15, 0.2) is 27.8 Å². The fourth-order valence-corrected chi connectivity index (χ4v) is 2.78. The van der Waals surface area contributed by atoms with Gasteiger partial charge in [-0.25, -0.2) is 14.7 Å².